The molecule has 0 radical (unpaired) electrons. The van der Waals surface area contributed by atoms with Crippen molar-refractivity contribution in [3.63, 3.8) is 0 Å². The van der Waals surface area contributed by atoms with Gasteiger partial charge in [-0.25, -0.2) is 0 Å². The van der Waals surface area contributed by atoms with Gasteiger partial charge in [0.25, 0.3) is 5.91 Å². The Hall–Kier alpha value is -0.580. The largest absolute Gasteiger partial charge is 0.334 e. The minimum atomic E-state index is 0. The second-order valence-corrected chi connectivity index (χ2v) is 6.06. The van der Waals surface area contributed by atoms with Gasteiger partial charge in [0.1, 0.15) is 0 Å². The van der Waals surface area contributed by atoms with Gasteiger partial charge in [0.2, 0.25) is 0 Å². The molecule has 1 aromatic heterocycles. The van der Waals surface area contributed by atoms with Crippen LogP contribution in [0.4, 0.5) is 0 Å². The van der Waals surface area contributed by atoms with E-state index in [2.05, 4.69) is 25.2 Å². The van der Waals surface area contributed by atoms with Crippen molar-refractivity contribution in [3.05, 3.63) is 21.4 Å². The number of amides is 1. The first-order chi connectivity index (χ1) is 8.67. The van der Waals surface area contributed by atoms with Crippen LogP contribution in [0.15, 0.2) is 6.07 Å². The van der Waals surface area contributed by atoms with Crippen molar-refractivity contribution in [1.82, 2.24) is 10.2 Å². The van der Waals surface area contributed by atoms with E-state index >= 15 is 0 Å². The molecule has 1 aliphatic rings. The summed E-state index contributed by atoms with van der Waals surface area (Å²) in [5.74, 6) is 0.223. The molecule has 1 fully saturated rings. The summed E-state index contributed by atoms with van der Waals surface area (Å²) in [4.78, 5) is 16.8. The number of likely N-dealkylation sites (N-methyl/N-ethyl adjacent to an activating group) is 1. The summed E-state index contributed by atoms with van der Waals surface area (Å²) in [6.07, 6.45) is 3.27. The molecule has 2 heterocycles. The highest BCUT2D eigenvalue weighted by atomic mass is 35.5. The van der Waals surface area contributed by atoms with Gasteiger partial charge >= 0.3 is 0 Å². The zero-order valence-electron chi connectivity index (χ0n) is 11.9. The molecular formula is C14H23ClN2OS. The summed E-state index contributed by atoms with van der Waals surface area (Å²) in [6.45, 7) is 6.05. The number of nitrogens with zero attached hydrogens (tertiary/aromatic N) is 1. The zero-order chi connectivity index (χ0) is 13.1. The number of carbonyl (C=O) groups is 1. The van der Waals surface area contributed by atoms with Gasteiger partial charge in [-0.15, -0.1) is 23.7 Å². The molecule has 2 rings (SSSR count). The molecule has 0 spiro atoms. The summed E-state index contributed by atoms with van der Waals surface area (Å²) >= 11 is 1.66. The van der Waals surface area contributed by atoms with Crippen LogP contribution in [0.5, 0.6) is 0 Å². The number of aryl methyl sites for hydroxylation is 2. The number of hydrogen-bond donors (Lipinski definition) is 1. The molecule has 1 N–H and O–H groups in total. The van der Waals surface area contributed by atoms with E-state index in [4.69, 9.17) is 0 Å². The van der Waals surface area contributed by atoms with E-state index in [1.807, 2.05) is 11.9 Å². The lowest BCUT2D eigenvalue weighted by Crippen LogP contribution is -2.40. The van der Waals surface area contributed by atoms with Gasteiger partial charge in [-0.2, -0.15) is 0 Å². The molecule has 1 amide bonds. The molecule has 1 saturated heterocycles. The maximum atomic E-state index is 12.5. The normalized spacial score (nSPS) is 18.5. The Labute approximate surface area is 125 Å². The van der Waals surface area contributed by atoms with Gasteiger partial charge in [0, 0.05) is 24.0 Å². The number of hydrogen-bond acceptors (Lipinski definition) is 3. The summed E-state index contributed by atoms with van der Waals surface area (Å²) < 4.78 is 0. The van der Waals surface area contributed by atoms with Crippen LogP contribution in [0, 0.1) is 6.92 Å². The fourth-order valence-corrected chi connectivity index (χ4v) is 3.74. The van der Waals surface area contributed by atoms with Gasteiger partial charge in [0.05, 0.1) is 4.88 Å². The van der Waals surface area contributed by atoms with Crippen molar-refractivity contribution in [2.75, 3.05) is 20.1 Å². The topological polar surface area (TPSA) is 32.3 Å². The van der Waals surface area contributed by atoms with Gasteiger partial charge in [-0.3, -0.25) is 4.79 Å². The second kappa shape index (κ2) is 7.27. The number of thiophene rings is 1. The van der Waals surface area contributed by atoms with Crippen LogP contribution in [0.3, 0.4) is 0 Å². The highest BCUT2D eigenvalue weighted by molar-refractivity contribution is 7.14. The minimum absolute atomic E-state index is 0. The molecule has 5 heteroatoms. The van der Waals surface area contributed by atoms with E-state index in [1.165, 1.54) is 10.4 Å². The monoisotopic (exact) mass is 302 g/mol. The zero-order valence-corrected chi connectivity index (χ0v) is 13.5. The summed E-state index contributed by atoms with van der Waals surface area (Å²) in [5, 5.41) is 3.18. The molecule has 108 valence electrons. The average Bonchev–Trinajstić information content (AvgIpc) is 2.95. The molecule has 1 aromatic rings. The van der Waals surface area contributed by atoms with Gasteiger partial charge < -0.3 is 10.2 Å². The molecule has 0 aromatic carbocycles. The molecule has 1 atom stereocenters. The molecule has 1 aliphatic heterocycles. The number of nitrogens with one attached hydrogen (secondary N) is 1. The number of likely N-dealkylation sites (tertiary alicyclic amines) is 1. The molecule has 0 bridgehead atoms. The molecule has 3 nitrogen and oxygen atoms in total. The number of carbonyl (C=O) groups excluding carboxylic acids is 1. The van der Waals surface area contributed by atoms with Crippen LogP contribution < -0.4 is 5.32 Å². The lowest BCUT2D eigenvalue weighted by molar-refractivity contribution is 0.0742. The van der Waals surface area contributed by atoms with Crippen LogP contribution >= 0.6 is 23.7 Å². The Morgan fingerprint density at radius 2 is 2.32 bits per heavy atom. The van der Waals surface area contributed by atoms with Crippen molar-refractivity contribution < 1.29 is 4.79 Å². The van der Waals surface area contributed by atoms with E-state index in [9.17, 15) is 4.79 Å². The van der Waals surface area contributed by atoms with E-state index in [-0.39, 0.29) is 18.3 Å². The molecule has 0 saturated carbocycles. The average molecular weight is 303 g/mol. The van der Waals surface area contributed by atoms with Gasteiger partial charge in [-0.1, -0.05) is 6.92 Å². The fraction of sp³-hybridized carbons (Fsp3) is 0.643. The molecular weight excluding hydrogens is 280 g/mol. The molecule has 1 unspecified atom stereocenters. The summed E-state index contributed by atoms with van der Waals surface area (Å²) in [5.41, 5.74) is 1.26. The third kappa shape index (κ3) is 3.50. The summed E-state index contributed by atoms with van der Waals surface area (Å²) in [6, 6.07) is 2.43. The lowest BCUT2D eigenvalue weighted by atomic mass is 10.2. The van der Waals surface area contributed by atoms with E-state index in [1.54, 1.807) is 11.3 Å². The first kappa shape index (κ1) is 16.5. The van der Waals surface area contributed by atoms with E-state index < -0.39 is 0 Å². The second-order valence-electron chi connectivity index (χ2n) is 4.92. The van der Waals surface area contributed by atoms with E-state index in [0.29, 0.717) is 6.04 Å². The Kier molecular flexibility index (Phi) is 6.30. The Balaban J connectivity index is 0.00000180. The SMILES string of the molecule is CCc1sc(C(=O)N2CCCC2CNC)cc1C.Cl. The third-order valence-electron chi connectivity index (χ3n) is 3.63. The van der Waals surface area contributed by atoms with Gasteiger partial charge in [-0.05, 0) is 44.9 Å². The van der Waals surface area contributed by atoms with Crippen molar-refractivity contribution in [1.29, 1.82) is 0 Å². The molecule has 0 aliphatic carbocycles. The highest BCUT2D eigenvalue weighted by Crippen LogP contribution is 2.26. The predicted octanol–water partition coefficient (Wildman–Crippen LogP) is 2.86. The first-order valence-electron chi connectivity index (χ1n) is 6.72. The Bertz CT molecular complexity index is 433. The van der Waals surface area contributed by atoms with Crippen LogP contribution in [0.25, 0.3) is 0 Å². The number of halogens is 1. The minimum Gasteiger partial charge on any atom is -0.334 e. The van der Waals surface area contributed by atoms with Gasteiger partial charge in [0.15, 0.2) is 0 Å². The first-order valence-corrected chi connectivity index (χ1v) is 7.53. The van der Waals surface area contributed by atoms with Crippen molar-refractivity contribution in [2.24, 2.45) is 0 Å². The van der Waals surface area contributed by atoms with Crippen LogP contribution in [0.2, 0.25) is 0 Å². The fourth-order valence-electron chi connectivity index (χ4n) is 2.67. The Morgan fingerprint density at radius 3 is 2.89 bits per heavy atom. The third-order valence-corrected chi connectivity index (χ3v) is 5.00. The smallest absolute Gasteiger partial charge is 0.264 e. The highest BCUT2D eigenvalue weighted by Gasteiger charge is 2.29. The Morgan fingerprint density at radius 1 is 1.58 bits per heavy atom. The van der Waals surface area contributed by atoms with Crippen LogP contribution in [0.1, 0.15) is 39.9 Å². The lowest BCUT2D eigenvalue weighted by Gasteiger charge is -2.23. The van der Waals surface area contributed by atoms with Crippen LogP contribution in [-0.2, 0) is 6.42 Å². The van der Waals surface area contributed by atoms with Crippen LogP contribution in [-0.4, -0.2) is 37.0 Å². The summed E-state index contributed by atoms with van der Waals surface area (Å²) in [7, 11) is 1.95. The number of rotatable bonds is 4. The quantitative estimate of drug-likeness (QED) is 0.927. The van der Waals surface area contributed by atoms with Crippen molar-refractivity contribution in [3.8, 4) is 0 Å². The molecule has 19 heavy (non-hydrogen) atoms. The maximum Gasteiger partial charge on any atom is 0.264 e. The predicted molar refractivity (Wildman–Crippen MR) is 83.7 cm³/mol. The maximum absolute atomic E-state index is 12.5. The van der Waals surface area contributed by atoms with Crippen molar-refractivity contribution in [2.45, 2.75) is 39.2 Å². The standard InChI is InChI=1S/C14H22N2OS.ClH/c1-4-12-10(2)8-13(18-12)14(17)16-7-5-6-11(16)9-15-3;/h8,11,15H,4-7,9H2,1-3H3;1H. The van der Waals surface area contributed by atoms with Crippen molar-refractivity contribution >= 4 is 29.7 Å². The van der Waals surface area contributed by atoms with E-state index in [0.717, 1.165) is 37.2 Å².